The standard InChI is InChI=1S/C10H18N2O/c1-6-5-12(4)7(2)9(8(3)13)10(6)11/h6,10H,5,11H2,1-4H3/t6-,10-/m1/s1. The zero-order valence-electron chi connectivity index (χ0n) is 8.79. The van der Waals surface area contributed by atoms with Crippen LogP contribution in [0.2, 0.25) is 0 Å². The van der Waals surface area contributed by atoms with Gasteiger partial charge in [-0.1, -0.05) is 6.92 Å². The van der Waals surface area contributed by atoms with Gasteiger partial charge in [-0.15, -0.1) is 0 Å². The summed E-state index contributed by atoms with van der Waals surface area (Å²) in [5.74, 6) is 0.455. The molecule has 3 heteroatoms. The second kappa shape index (κ2) is 3.50. The second-order valence-electron chi connectivity index (χ2n) is 3.94. The van der Waals surface area contributed by atoms with Crippen LogP contribution < -0.4 is 5.73 Å². The number of nitrogens with zero attached hydrogens (tertiary/aromatic N) is 1. The van der Waals surface area contributed by atoms with Crippen LogP contribution in [-0.4, -0.2) is 30.3 Å². The molecule has 74 valence electrons. The average Bonchev–Trinajstić information content (AvgIpc) is 2.01. The van der Waals surface area contributed by atoms with E-state index >= 15 is 0 Å². The molecular weight excluding hydrogens is 164 g/mol. The molecule has 0 aliphatic carbocycles. The lowest BCUT2D eigenvalue weighted by atomic mass is 9.87. The number of hydrogen-bond acceptors (Lipinski definition) is 3. The van der Waals surface area contributed by atoms with E-state index in [0.29, 0.717) is 5.92 Å². The van der Waals surface area contributed by atoms with Crippen molar-refractivity contribution in [3.05, 3.63) is 11.3 Å². The molecule has 1 aliphatic rings. The molecule has 0 spiro atoms. The summed E-state index contributed by atoms with van der Waals surface area (Å²) in [7, 11) is 2.00. The van der Waals surface area contributed by atoms with Crippen molar-refractivity contribution in [3.8, 4) is 0 Å². The SMILES string of the molecule is CC(=O)C1=C(C)N(C)C[C@@H](C)[C@H]1N. The van der Waals surface area contributed by atoms with Crippen LogP contribution in [-0.2, 0) is 4.79 Å². The highest BCUT2D eigenvalue weighted by Crippen LogP contribution is 2.24. The maximum Gasteiger partial charge on any atom is 0.159 e. The van der Waals surface area contributed by atoms with Crippen LogP contribution in [0.15, 0.2) is 11.3 Å². The molecule has 1 rings (SSSR count). The van der Waals surface area contributed by atoms with E-state index < -0.39 is 0 Å². The average molecular weight is 182 g/mol. The maximum absolute atomic E-state index is 11.3. The fourth-order valence-corrected chi connectivity index (χ4v) is 1.90. The molecule has 2 atom stereocenters. The summed E-state index contributed by atoms with van der Waals surface area (Å²) in [5, 5.41) is 0. The fourth-order valence-electron chi connectivity index (χ4n) is 1.90. The van der Waals surface area contributed by atoms with Crippen molar-refractivity contribution in [1.82, 2.24) is 4.90 Å². The number of carbonyl (C=O) groups is 1. The monoisotopic (exact) mass is 182 g/mol. The molecule has 0 saturated heterocycles. The van der Waals surface area contributed by atoms with Gasteiger partial charge in [-0.25, -0.2) is 0 Å². The normalized spacial score (nSPS) is 29.5. The van der Waals surface area contributed by atoms with Crippen LogP contribution in [0.1, 0.15) is 20.8 Å². The Morgan fingerprint density at radius 1 is 1.62 bits per heavy atom. The lowest BCUT2D eigenvalue weighted by Crippen LogP contribution is -2.45. The van der Waals surface area contributed by atoms with Gasteiger partial charge >= 0.3 is 0 Å². The highest BCUT2D eigenvalue weighted by molar-refractivity contribution is 5.95. The molecule has 1 heterocycles. The van der Waals surface area contributed by atoms with Gasteiger partial charge in [0.25, 0.3) is 0 Å². The quantitative estimate of drug-likeness (QED) is 0.651. The summed E-state index contributed by atoms with van der Waals surface area (Å²) in [4.78, 5) is 13.4. The van der Waals surface area contributed by atoms with Gasteiger partial charge in [0.15, 0.2) is 5.78 Å². The number of hydrogen-bond donors (Lipinski definition) is 1. The Bertz CT molecular complexity index is 258. The summed E-state index contributed by atoms with van der Waals surface area (Å²) in [6, 6.07) is -0.0892. The topological polar surface area (TPSA) is 46.3 Å². The van der Waals surface area contributed by atoms with Crippen molar-refractivity contribution in [2.45, 2.75) is 26.8 Å². The van der Waals surface area contributed by atoms with Gasteiger partial charge in [-0.05, 0) is 19.8 Å². The van der Waals surface area contributed by atoms with Crippen molar-refractivity contribution < 1.29 is 4.79 Å². The third kappa shape index (κ3) is 1.75. The van der Waals surface area contributed by atoms with Gasteiger partial charge in [0.1, 0.15) is 0 Å². The van der Waals surface area contributed by atoms with Crippen molar-refractivity contribution in [2.75, 3.05) is 13.6 Å². The van der Waals surface area contributed by atoms with E-state index in [-0.39, 0.29) is 11.8 Å². The van der Waals surface area contributed by atoms with E-state index in [1.807, 2.05) is 14.0 Å². The van der Waals surface area contributed by atoms with E-state index in [0.717, 1.165) is 17.8 Å². The molecule has 0 unspecified atom stereocenters. The lowest BCUT2D eigenvalue weighted by Gasteiger charge is -2.36. The molecule has 0 aromatic heterocycles. The highest BCUT2D eigenvalue weighted by Gasteiger charge is 2.29. The number of rotatable bonds is 1. The van der Waals surface area contributed by atoms with Crippen LogP contribution >= 0.6 is 0 Å². The summed E-state index contributed by atoms with van der Waals surface area (Å²) < 4.78 is 0. The first-order valence-corrected chi connectivity index (χ1v) is 4.63. The molecule has 1 aliphatic heterocycles. The van der Waals surface area contributed by atoms with Crippen LogP contribution in [0.25, 0.3) is 0 Å². The minimum absolute atomic E-state index is 0.0892. The Balaban J connectivity index is 3.08. The van der Waals surface area contributed by atoms with E-state index in [2.05, 4.69) is 11.8 Å². The smallest absolute Gasteiger partial charge is 0.159 e. The molecule has 0 fully saturated rings. The number of Topliss-reactive ketones (excluding diaryl/α,β-unsaturated/α-hetero) is 1. The van der Waals surface area contributed by atoms with Gasteiger partial charge < -0.3 is 10.6 Å². The van der Waals surface area contributed by atoms with Crippen LogP contribution in [0, 0.1) is 5.92 Å². The van der Waals surface area contributed by atoms with Crippen molar-refractivity contribution in [2.24, 2.45) is 11.7 Å². The predicted octanol–water partition coefficient (Wildman–Crippen LogP) is 0.758. The first-order valence-electron chi connectivity index (χ1n) is 4.63. The Hall–Kier alpha value is -0.830. The highest BCUT2D eigenvalue weighted by atomic mass is 16.1. The Morgan fingerprint density at radius 3 is 2.62 bits per heavy atom. The minimum Gasteiger partial charge on any atom is -0.377 e. The first-order chi connectivity index (χ1) is 5.95. The van der Waals surface area contributed by atoms with Gasteiger partial charge in [-0.2, -0.15) is 0 Å². The Labute approximate surface area is 79.6 Å². The summed E-state index contributed by atoms with van der Waals surface area (Å²) in [6.07, 6.45) is 0. The summed E-state index contributed by atoms with van der Waals surface area (Å²) in [6.45, 7) is 6.56. The molecule has 0 saturated carbocycles. The number of allylic oxidation sites excluding steroid dienone is 1. The van der Waals surface area contributed by atoms with Crippen LogP contribution in [0.3, 0.4) is 0 Å². The van der Waals surface area contributed by atoms with E-state index in [4.69, 9.17) is 5.73 Å². The molecule has 0 bridgehead atoms. The minimum atomic E-state index is -0.0892. The summed E-state index contributed by atoms with van der Waals surface area (Å²) >= 11 is 0. The molecule has 0 aromatic carbocycles. The van der Waals surface area contributed by atoms with E-state index in [1.165, 1.54) is 0 Å². The van der Waals surface area contributed by atoms with Crippen LogP contribution in [0.4, 0.5) is 0 Å². The molecule has 0 amide bonds. The van der Waals surface area contributed by atoms with Crippen molar-refractivity contribution in [1.29, 1.82) is 0 Å². The zero-order chi connectivity index (χ0) is 10.2. The Morgan fingerprint density at radius 2 is 2.15 bits per heavy atom. The van der Waals surface area contributed by atoms with E-state index in [1.54, 1.807) is 6.92 Å². The third-order valence-corrected chi connectivity index (χ3v) is 2.85. The third-order valence-electron chi connectivity index (χ3n) is 2.85. The van der Waals surface area contributed by atoms with E-state index in [9.17, 15) is 4.79 Å². The second-order valence-corrected chi connectivity index (χ2v) is 3.94. The fraction of sp³-hybridized carbons (Fsp3) is 0.700. The van der Waals surface area contributed by atoms with Gasteiger partial charge in [0.05, 0.1) is 0 Å². The molecule has 13 heavy (non-hydrogen) atoms. The molecular formula is C10H18N2O. The number of nitrogens with two attached hydrogens (primary N) is 1. The van der Waals surface area contributed by atoms with Crippen LogP contribution in [0.5, 0.6) is 0 Å². The molecule has 2 N–H and O–H groups in total. The number of ketones is 1. The molecule has 0 radical (unpaired) electrons. The summed E-state index contributed by atoms with van der Waals surface area (Å²) in [5.41, 5.74) is 7.79. The molecule has 0 aromatic rings. The largest absolute Gasteiger partial charge is 0.377 e. The molecule has 3 nitrogen and oxygen atoms in total. The Kier molecular flexibility index (Phi) is 2.76. The first kappa shape index (κ1) is 10.3. The van der Waals surface area contributed by atoms with Crippen molar-refractivity contribution in [3.63, 3.8) is 0 Å². The van der Waals surface area contributed by atoms with Gasteiger partial charge in [0, 0.05) is 30.9 Å². The van der Waals surface area contributed by atoms with Crippen molar-refractivity contribution >= 4 is 5.78 Å². The maximum atomic E-state index is 11.3. The lowest BCUT2D eigenvalue weighted by molar-refractivity contribution is -0.114. The predicted molar refractivity (Wildman–Crippen MR) is 53.2 cm³/mol. The van der Waals surface area contributed by atoms with Gasteiger partial charge in [-0.3, -0.25) is 4.79 Å². The zero-order valence-corrected chi connectivity index (χ0v) is 8.79. The van der Waals surface area contributed by atoms with Gasteiger partial charge in [0.2, 0.25) is 0 Å². The number of carbonyl (C=O) groups excluding carboxylic acids is 1.